The SMILES string of the molecule is CC/C=C\C/C=C\C/C=C\C/C=C\C/C=C\C/C=C\C/C=C\C/C=C\C/C=C\CCCCCCCCCCCCCCCC(=O)OC(COC(=O)CCCCCCCCCCCCCCCCCCCCC)COP(=O)(O)OCC[N+](C)(C)C. The number of rotatable bonds is 63. The van der Waals surface area contributed by atoms with Crippen LogP contribution in [-0.2, 0) is 32.7 Å². The van der Waals surface area contributed by atoms with Gasteiger partial charge in [-0.2, -0.15) is 0 Å². The molecule has 2 unspecified atom stereocenters. The molecule has 0 aromatic carbocycles. The Balaban J connectivity index is 4.03. The van der Waals surface area contributed by atoms with Crippen LogP contribution < -0.4 is 0 Å². The minimum absolute atomic E-state index is 0.0298. The Bertz CT molecular complexity index is 1790. The molecule has 0 saturated heterocycles. The van der Waals surface area contributed by atoms with Crippen molar-refractivity contribution >= 4 is 19.8 Å². The average molecular weight is 1190 g/mol. The van der Waals surface area contributed by atoms with Crippen LogP contribution in [0, 0.1) is 0 Å². The van der Waals surface area contributed by atoms with Crippen LogP contribution >= 0.6 is 7.82 Å². The summed E-state index contributed by atoms with van der Waals surface area (Å²) in [4.78, 5) is 35.8. The van der Waals surface area contributed by atoms with E-state index >= 15 is 0 Å². The summed E-state index contributed by atoms with van der Waals surface area (Å²) in [6.07, 6.45) is 90.4. The molecule has 0 rings (SSSR count). The quantitative estimate of drug-likeness (QED) is 0.0211. The first-order valence-corrected chi connectivity index (χ1v) is 36.1. The molecule has 0 bridgehead atoms. The molecule has 84 heavy (non-hydrogen) atoms. The number of esters is 2. The van der Waals surface area contributed by atoms with E-state index in [0.717, 1.165) is 96.3 Å². The van der Waals surface area contributed by atoms with E-state index in [1.807, 2.05) is 21.1 Å². The smallest absolute Gasteiger partial charge is 0.462 e. The van der Waals surface area contributed by atoms with Crippen molar-refractivity contribution in [3.63, 3.8) is 0 Å². The molecule has 2 atom stereocenters. The first-order valence-electron chi connectivity index (χ1n) is 34.6. The number of quaternary nitrogens is 1. The number of allylic oxidation sites excluding steroid dienone is 18. The number of carbonyl (C=O) groups is 2. The van der Waals surface area contributed by atoms with Gasteiger partial charge in [0.25, 0.3) is 0 Å². The number of unbranched alkanes of at least 4 members (excludes halogenated alkanes) is 31. The van der Waals surface area contributed by atoms with Gasteiger partial charge in [-0.3, -0.25) is 18.6 Å². The standard InChI is InChI=1S/C74H130NO8P/c1-6-8-10-12-14-16-18-20-22-24-26-27-28-29-30-31-32-33-34-35-36-37-38-39-40-41-42-43-44-45-46-47-49-51-53-55-57-59-61-63-65-67-74(77)83-72(71-82-84(78,79)81-69-68-75(3,4)5)70-80-73(76)66-64-62-60-58-56-54-52-50-48-25-23-21-19-17-15-13-11-9-7-2/h8,10,14,16,20,22,26-27,29-30,32-33,35-36,38-39,41-42,72H,6-7,9,11-13,15,17-19,21,23-25,28,31,34,37,40,43-71H2,1-5H3/p+1/b10-8-,16-14-,22-20-,27-26-,30-29-,33-32-,36-35-,39-38-,42-41-. The molecule has 484 valence electrons. The van der Waals surface area contributed by atoms with Gasteiger partial charge in [0, 0.05) is 12.8 Å². The normalized spacial score (nSPS) is 13.8. The lowest BCUT2D eigenvalue weighted by atomic mass is 10.0. The summed E-state index contributed by atoms with van der Waals surface area (Å²) >= 11 is 0. The maximum atomic E-state index is 12.9. The lowest BCUT2D eigenvalue weighted by Crippen LogP contribution is -2.37. The van der Waals surface area contributed by atoms with Gasteiger partial charge in [0.1, 0.15) is 19.8 Å². The second-order valence-electron chi connectivity index (χ2n) is 24.2. The molecule has 0 spiro atoms. The highest BCUT2D eigenvalue weighted by atomic mass is 31.2. The fourth-order valence-corrected chi connectivity index (χ4v) is 10.3. The lowest BCUT2D eigenvalue weighted by molar-refractivity contribution is -0.870. The molecule has 0 aliphatic carbocycles. The number of carbonyl (C=O) groups excluding carboxylic acids is 2. The van der Waals surface area contributed by atoms with E-state index in [2.05, 4.69) is 123 Å². The third-order valence-corrected chi connectivity index (χ3v) is 15.8. The predicted octanol–water partition coefficient (Wildman–Crippen LogP) is 22.5. The van der Waals surface area contributed by atoms with Gasteiger partial charge in [-0.1, -0.05) is 309 Å². The summed E-state index contributed by atoms with van der Waals surface area (Å²) in [6.45, 7) is 4.35. The van der Waals surface area contributed by atoms with Gasteiger partial charge >= 0.3 is 19.8 Å². The first-order chi connectivity index (χ1) is 41.0. The fraction of sp³-hybridized carbons (Fsp3) is 0.730. The van der Waals surface area contributed by atoms with Crippen LogP contribution in [0.3, 0.4) is 0 Å². The second kappa shape index (κ2) is 64.2. The summed E-state index contributed by atoms with van der Waals surface area (Å²) in [5.41, 5.74) is 0. The molecule has 0 aliphatic rings. The minimum atomic E-state index is -4.39. The lowest BCUT2D eigenvalue weighted by Gasteiger charge is -2.24. The van der Waals surface area contributed by atoms with Gasteiger partial charge in [-0.15, -0.1) is 0 Å². The summed E-state index contributed by atoms with van der Waals surface area (Å²) in [7, 11) is 1.48. The van der Waals surface area contributed by atoms with Crippen LogP contribution in [0.5, 0.6) is 0 Å². The van der Waals surface area contributed by atoms with E-state index in [1.54, 1.807) is 0 Å². The van der Waals surface area contributed by atoms with E-state index in [1.165, 1.54) is 167 Å². The highest BCUT2D eigenvalue weighted by molar-refractivity contribution is 7.47. The minimum Gasteiger partial charge on any atom is -0.462 e. The maximum Gasteiger partial charge on any atom is 0.472 e. The summed E-state index contributed by atoms with van der Waals surface area (Å²) in [5.74, 6) is -0.790. The molecule has 0 saturated carbocycles. The molecule has 1 N–H and O–H groups in total. The Morgan fingerprint density at radius 2 is 0.679 bits per heavy atom. The number of nitrogens with zero attached hydrogens (tertiary/aromatic N) is 1. The number of likely N-dealkylation sites (N-methyl/N-ethyl adjacent to an activating group) is 1. The number of phosphoric acid groups is 1. The van der Waals surface area contributed by atoms with Crippen molar-refractivity contribution in [1.82, 2.24) is 0 Å². The number of ether oxygens (including phenoxy) is 2. The first kappa shape index (κ1) is 80.7. The molecular weight excluding hydrogens is 1060 g/mol. The fourth-order valence-electron chi connectivity index (χ4n) is 9.54. The van der Waals surface area contributed by atoms with Gasteiger partial charge in [0.15, 0.2) is 6.10 Å². The Kier molecular flexibility index (Phi) is 61.6. The van der Waals surface area contributed by atoms with Gasteiger partial charge < -0.3 is 18.9 Å². The van der Waals surface area contributed by atoms with Crippen molar-refractivity contribution in [2.24, 2.45) is 0 Å². The molecule has 9 nitrogen and oxygen atoms in total. The number of hydrogen-bond acceptors (Lipinski definition) is 7. The molecule has 0 aliphatic heterocycles. The third-order valence-electron chi connectivity index (χ3n) is 14.8. The third kappa shape index (κ3) is 67.8. The largest absolute Gasteiger partial charge is 0.472 e. The Morgan fingerprint density at radius 1 is 0.381 bits per heavy atom. The van der Waals surface area contributed by atoms with Crippen molar-refractivity contribution in [1.29, 1.82) is 0 Å². The van der Waals surface area contributed by atoms with Gasteiger partial charge in [0.05, 0.1) is 27.7 Å². The number of hydrogen-bond donors (Lipinski definition) is 1. The summed E-state index contributed by atoms with van der Waals surface area (Å²) in [6, 6.07) is 0. The van der Waals surface area contributed by atoms with Crippen molar-refractivity contribution in [2.45, 2.75) is 302 Å². The molecule has 0 aromatic heterocycles. The monoisotopic (exact) mass is 1190 g/mol. The highest BCUT2D eigenvalue weighted by Gasteiger charge is 2.27. The van der Waals surface area contributed by atoms with E-state index < -0.39 is 26.5 Å². The van der Waals surface area contributed by atoms with E-state index in [4.69, 9.17) is 18.5 Å². The Labute approximate surface area is 518 Å². The predicted molar refractivity (Wildman–Crippen MR) is 362 cm³/mol. The van der Waals surface area contributed by atoms with E-state index in [9.17, 15) is 19.0 Å². The highest BCUT2D eigenvalue weighted by Crippen LogP contribution is 2.43. The van der Waals surface area contributed by atoms with Crippen LogP contribution in [0.1, 0.15) is 296 Å². The van der Waals surface area contributed by atoms with Crippen molar-refractivity contribution in [3.8, 4) is 0 Å². The van der Waals surface area contributed by atoms with Gasteiger partial charge in [0.2, 0.25) is 0 Å². The van der Waals surface area contributed by atoms with Crippen molar-refractivity contribution < 1.29 is 42.1 Å². The Morgan fingerprint density at radius 3 is 1.01 bits per heavy atom. The topological polar surface area (TPSA) is 108 Å². The molecule has 10 heteroatoms. The van der Waals surface area contributed by atoms with Crippen LogP contribution in [0.25, 0.3) is 0 Å². The summed E-state index contributed by atoms with van der Waals surface area (Å²) < 4.78 is 34.7. The van der Waals surface area contributed by atoms with Gasteiger partial charge in [-0.05, 0) is 83.5 Å². The van der Waals surface area contributed by atoms with Crippen LogP contribution in [0.15, 0.2) is 109 Å². The molecular formula is C74H131NO8P+. The molecule has 0 radical (unpaired) electrons. The van der Waals surface area contributed by atoms with E-state index in [-0.39, 0.29) is 25.6 Å². The van der Waals surface area contributed by atoms with Crippen LogP contribution in [-0.4, -0.2) is 74.9 Å². The number of phosphoric ester groups is 1. The zero-order valence-corrected chi connectivity index (χ0v) is 56.0. The van der Waals surface area contributed by atoms with Crippen molar-refractivity contribution in [3.05, 3.63) is 109 Å². The molecule has 0 fully saturated rings. The molecule has 0 heterocycles. The zero-order valence-electron chi connectivity index (χ0n) is 55.1. The summed E-state index contributed by atoms with van der Waals surface area (Å²) in [5, 5.41) is 0. The van der Waals surface area contributed by atoms with Crippen LogP contribution in [0.2, 0.25) is 0 Å². The maximum absolute atomic E-state index is 12.9. The Hall–Kier alpha value is -3.33. The van der Waals surface area contributed by atoms with Crippen LogP contribution in [0.4, 0.5) is 0 Å². The second-order valence-corrected chi connectivity index (χ2v) is 25.6. The van der Waals surface area contributed by atoms with Crippen molar-refractivity contribution in [2.75, 3.05) is 47.5 Å². The van der Waals surface area contributed by atoms with Gasteiger partial charge in [-0.25, -0.2) is 4.57 Å². The zero-order chi connectivity index (χ0) is 61.2. The molecule has 0 amide bonds. The van der Waals surface area contributed by atoms with E-state index in [0.29, 0.717) is 23.9 Å². The average Bonchev–Trinajstić information content (AvgIpc) is 3.61. The molecule has 0 aromatic rings.